The highest BCUT2D eigenvalue weighted by molar-refractivity contribution is 5.16. The van der Waals surface area contributed by atoms with Crippen molar-refractivity contribution in [3.63, 3.8) is 0 Å². The number of allylic oxidation sites excluding steroid dienone is 2. The van der Waals surface area contributed by atoms with Gasteiger partial charge >= 0.3 is 0 Å². The summed E-state index contributed by atoms with van der Waals surface area (Å²) < 4.78 is 0. The van der Waals surface area contributed by atoms with Crippen LogP contribution >= 0.6 is 0 Å². The second-order valence-corrected chi connectivity index (χ2v) is 12.0. The molecule has 0 heterocycles. The van der Waals surface area contributed by atoms with Gasteiger partial charge in [0.05, 0.1) is 0 Å². The Bertz CT molecular complexity index is 583. The third kappa shape index (κ3) is 2.90. The summed E-state index contributed by atoms with van der Waals surface area (Å²) in [6, 6.07) is 0. The monoisotopic (exact) mass is 370 g/mol. The minimum atomic E-state index is 0.567. The van der Waals surface area contributed by atoms with Crippen molar-refractivity contribution in [2.24, 2.45) is 45.8 Å². The SMILES string of the molecule is C/C=C(\CC)C1CC[C@@H]2C1CCC1[C@H]2CCC2(C)CC(C)(C)CC[C@]12CC. The van der Waals surface area contributed by atoms with Crippen LogP contribution in [0.15, 0.2) is 11.6 Å². The van der Waals surface area contributed by atoms with E-state index in [1.807, 2.05) is 0 Å². The highest BCUT2D eigenvalue weighted by Gasteiger charge is 2.62. The van der Waals surface area contributed by atoms with Crippen LogP contribution in [0, 0.1) is 45.8 Å². The van der Waals surface area contributed by atoms with Gasteiger partial charge < -0.3 is 0 Å². The van der Waals surface area contributed by atoms with Gasteiger partial charge in [-0.05, 0) is 123 Å². The zero-order valence-electron chi connectivity index (χ0n) is 19.2. The molecule has 0 bridgehead atoms. The second-order valence-electron chi connectivity index (χ2n) is 12.0. The molecule has 27 heavy (non-hydrogen) atoms. The molecule has 4 unspecified atom stereocenters. The predicted octanol–water partition coefficient (Wildman–Crippen LogP) is 8.42. The lowest BCUT2D eigenvalue weighted by Gasteiger charge is -2.66. The zero-order chi connectivity index (χ0) is 19.4. The first-order valence-electron chi connectivity index (χ1n) is 12.5. The summed E-state index contributed by atoms with van der Waals surface area (Å²) in [6.45, 7) is 15.0. The summed E-state index contributed by atoms with van der Waals surface area (Å²) in [7, 11) is 0. The number of rotatable bonds is 3. The van der Waals surface area contributed by atoms with E-state index in [9.17, 15) is 0 Å². The summed E-state index contributed by atoms with van der Waals surface area (Å²) in [4.78, 5) is 0. The van der Waals surface area contributed by atoms with E-state index in [0.717, 1.165) is 29.6 Å². The molecule has 4 aliphatic carbocycles. The van der Waals surface area contributed by atoms with E-state index in [4.69, 9.17) is 0 Å². The third-order valence-corrected chi connectivity index (χ3v) is 10.7. The predicted molar refractivity (Wildman–Crippen MR) is 118 cm³/mol. The fourth-order valence-corrected chi connectivity index (χ4v) is 9.68. The summed E-state index contributed by atoms with van der Waals surface area (Å²) in [5.74, 6) is 5.10. The molecule has 0 aromatic rings. The molecule has 154 valence electrons. The van der Waals surface area contributed by atoms with Gasteiger partial charge in [-0.15, -0.1) is 0 Å². The van der Waals surface area contributed by atoms with Crippen molar-refractivity contribution in [1.82, 2.24) is 0 Å². The molecule has 0 spiro atoms. The van der Waals surface area contributed by atoms with Crippen LogP contribution in [-0.4, -0.2) is 0 Å². The minimum absolute atomic E-state index is 0.567. The maximum Gasteiger partial charge on any atom is -0.0172 e. The Labute approximate surface area is 170 Å². The Hall–Kier alpha value is -0.260. The molecule has 0 aromatic carbocycles. The van der Waals surface area contributed by atoms with E-state index in [1.165, 1.54) is 57.8 Å². The number of hydrogen-bond donors (Lipinski definition) is 0. The number of fused-ring (bicyclic) bond motifs is 5. The van der Waals surface area contributed by atoms with Crippen molar-refractivity contribution in [2.75, 3.05) is 0 Å². The van der Waals surface area contributed by atoms with Crippen LogP contribution in [0.25, 0.3) is 0 Å². The zero-order valence-corrected chi connectivity index (χ0v) is 19.2. The van der Waals surface area contributed by atoms with Crippen LogP contribution in [0.4, 0.5) is 0 Å². The van der Waals surface area contributed by atoms with Gasteiger partial charge in [-0.25, -0.2) is 0 Å². The molecule has 0 radical (unpaired) electrons. The molecule has 0 saturated heterocycles. The molecule has 4 saturated carbocycles. The highest BCUT2D eigenvalue weighted by Crippen LogP contribution is 2.71. The van der Waals surface area contributed by atoms with E-state index in [2.05, 4.69) is 47.6 Å². The van der Waals surface area contributed by atoms with Crippen molar-refractivity contribution < 1.29 is 0 Å². The van der Waals surface area contributed by atoms with Gasteiger partial charge in [0.1, 0.15) is 0 Å². The molecule has 4 fully saturated rings. The van der Waals surface area contributed by atoms with E-state index in [1.54, 1.807) is 18.4 Å². The van der Waals surface area contributed by atoms with Crippen LogP contribution in [-0.2, 0) is 0 Å². The fourth-order valence-electron chi connectivity index (χ4n) is 9.68. The molecule has 0 aromatic heterocycles. The van der Waals surface area contributed by atoms with Crippen molar-refractivity contribution in [3.05, 3.63) is 11.6 Å². The van der Waals surface area contributed by atoms with E-state index in [0.29, 0.717) is 16.2 Å². The average molecular weight is 371 g/mol. The van der Waals surface area contributed by atoms with Crippen molar-refractivity contribution in [2.45, 2.75) is 112 Å². The lowest BCUT2D eigenvalue weighted by atomic mass is 9.38. The lowest BCUT2D eigenvalue weighted by molar-refractivity contribution is -0.171. The molecule has 0 heteroatoms. The van der Waals surface area contributed by atoms with Crippen molar-refractivity contribution >= 4 is 0 Å². The topological polar surface area (TPSA) is 0 Å². The number of hydrogen-bond acceptors (Lipinski definition) is 0. The van der Waals surface area contributed by atoms with Gasteiger partial charge in [0, 0.05) is 0 Å². The molecule has 0 aliphatic heterocycles. The normalized spacial score (nSPS) is 49.3. The molecular formula is C27H46. The van der Waals surface area contributed by atoms with Gasteiger partial charge in [-0.2, -0.15) is 0 Å². The van der Waals surface area contributed by atoms with Gasteiger partial charge in [0.15, 0.2) is 0 Å². The maximum atomic E-state index is 2.71. The van der Waals surface area contributed by atoms with Gasteiger partial charge in [0.25, 0.3) is 0 Å². The van der Waals surface area contributed by atoms with Crippen LogP contribution in [0.2, 0.25) is 0 Å². The van der Waals surface area contributed by atoms with Crippen LogP contribution in [0.5, 0.6) is 0 Å². The molecule has 4 aliphatic rings. The Morgan fingerprint density at radius 3 is 2.26 bits per heavy atom. The summed E-state index contributed by atoms with van der Waals surface area (Å²) in [5.41, 5.74) is 3.61. The third-order valence-electron chi connectivity index (χ3n) is 10.7. The first kappa shape index (κ1) is 20.0. The minimum Gasteiger partial charge on any atom is -0.0882 e. The van der Waals surface area contributed by atoms with E-state index < -0.39 is 0 Å². The first-order valence-corrected chi connectivity index (χ1v) is 12.5. The van der Waals surface area contributed by atoms with Crippen LogP contribution in [0.3, 0.4) is 0 Å². The molecule has 0 N–H and O–H groups in total. The first-order chi connectivity index (χ1) is 12.8. The van der Waals surface area contributed by atoms with Crippen molar-refractivity contribution in [3.8, 4) is 0 Å². The lowest BCUT2D eigenvalue weighted by Crippen LogP contribution is -2.58. The Morgan fingerprint density at radius 1 is 0.852 bits per heavy atom. The second kappa shape index (κ2) is 6.91. The van der Waals surface area contributed by atoms with Crippen molar-refractivity contribution in [1.29, 1.82) is 0 Å². The van der Waals surface area contributed by atoms with Gasteiger partial charge in [0.2, 0.25) is 0 Å². The maximum absolute atomic E-state index is 2.71. The summed E-state index contributed by atoms with van der Waals surface area (Å²) >= 11 is 0. The molecule has 7 atom stereocenters. The fraction of sp³-hybridized carbons (Fsp3) is 0.926. The Morgan fingerprint density at radius 2 is 1.59 bits per heavy atom. The highest BCUT2D eigenvalue weighted by atomic mass is 14.7. The standard InChI is InChI=1S/C27H46/c1-7-19(8-2)20-10-11-22-21(20)12-13-24-23(22)14-15-26(6)18-25(4,5)16-17-27(24,26)9-3/h7,20-24H,8-18H2,1-6H3/b19-7+/t20?,21?,22-,23+,24?,26?,27-/m1/s1. The molecule has 0 amide bonds. The molecular weight excluding hydrogens is 324 g/mol. The average Bonchev–Trinajstić information content (AvgIpc) is 3.05. The quantitative estimate of drug-likeness (QED) is 0.437. The van der Waals surface area contributed by atoms with Gasteiger partial charge in [-0.3, -0.25) is 0 Å². The van der Waals surface area contributed by atoms with Crippen LogP contribution in [0.1, 0.15) is 112 Å². The Kier molecular flexibility index (Phi) is 5.13. The molecule has 4 rings (SSSR count). The van der Waals surface area contributed by atoms with Gasteiger partial charge in [-0.1, -0.05) is 46.3 Å². The molecule has 0 nitrogen and oxygen atoms in total. The van der Waals surface area contributed by atoms with Crippen LogP contribution < -0.4 is 0 Å². The smallest absolute Gasteiger partial charge is 0.0172 e. The van der Waals surface area contributed by atoms with E-state index >= 15 is 0 Å². The summed E-state index contributed by atoms with van der Waals surface area (Å²) in [6.07, 6.45) is 18.8. The summed E-state index contributed by atoms with van der Waals surface area (Å²) in [5, 5.41) is 0. The largest absolute Gasteiger partial charge is 0.0882 e. The Balaban J connectivity index is 1.62. The van der Waals surface area contributed by atoms with E-state index in [-0.39, 0.29) is 0 Å².